The van der Waals surface area contributed by atoms with E-state index in [1.54, 1.807) is 25.1 Å². The third kappa shape index (κ3) is 3.61. The van der Waals surface area contributed by atoms with Gasteiger partial charge in [0.2, 0.25) is 0 Å². The highest BCUT2D eigenvalue weighted by atomic mass is 16.5. The smallest absolute Gasteiger partial charge is 0.166 e. The van der Waals surface area contributed by atoms with Gasteiger partial charge in [0.1, 0.15) is 5.60 Å². The van der Waals surface area contributed by atoms with E-state index in [2.05, 4.69) is 4.99 Å². The van der Waals surface area contributed by atoms with Crippen LogP contribution in [0.2, 0.25) is 0 Å². The second-order valence-electron chi connectivity index (χ2n) is 5.01. The third-order valence-corrected chi connectivity index (χ3v) is 3.28. The number of nitrogens with zero attached hydrogens (tertiary/aromatic N) is 1. The van der Waals surface area contributed by atoms with Crippen molar-refractivity contribution in [3.63, 3.8) is 0 Å². The summed E-state index contributed by atoms with van der Waals surface area (Å²) in [5.74, 6) is 0.442. The highest BCUT2D eigenvalue weighted by Crippen LogP contribution is 2.28. The summed E-state index contributed by atoms with van der Waals surface area (Å²) in [5.41, 5.74) is 0.307. The van der Waals surface area contributed by atoms with Crippen molar-refractivity contribution in [1.82, 2.24) is 0 Å². The third-order valence-electron chi connectivity index (χ3n) is 3.28. The maximum atomic E-state index is 10.4. The molecule has 4 nitrogen and oxygen atoms in total. The standard InChI is InChI=1S/C17H19NO3/c1-17(20,14-8-4-3-5-9-14)12-18-11-13-7-6-10-15(21-2)16(13)19/h3-11,19-20H,12H2,1-2H3. The molecule has 1 unspecified atom stereocenters. The average molecular weight is 285 g/mol. The number of hydrogen-bond acceptors (Lipinski definition) is 4. The normalized spacial score (nSPS) is 14.0. The molecule has 0 saturated carbocycles. The molecule has 110 valence electrons. The molecule has 0 aliphatic rings. The number of phenolic OH excluding ortho intramolecular Hbond substituents is 1. The van der Waals surface area contributed by atoms with Gasteiger partial charge in [0, 0.05) is 11.8 Å². The number of aliphatic hydroxyl groups is 1. The molecule has 0 amide bonds. The first-order chi connectivity index (χ1) is 10.0. The Labute approximate surface area is 124 Å². The van der Waals surface area contributed by atoms with Crippen LogP contribution in [0.25, 0.3) is 0 Å². The number of para-hydroxylation sites is 1. The molecular weight excluding hydrogens is 266 g/mol. The average Bonchev–Trinajstić information content (AvgIpc) is 2.50. The van der Waals surface area contributed by atoms with Gasteiger partial charge in [-0.2, -0.15) is 0 Å². The molecule has 0 radical (unpaired) electrons. The summed E-state index contributed by atoms with van der Waals surface area (Å²) in [5, 5.41) is 20.4. The van der Waals surface area contributed by atoms with E-state index in [1.807, 2.05) is 30.3 Å². The molecule has 2 N–H and O–H groups in total. The van der Waals surface area contributed by atoms with E-state index in [-0.39, 0.29) is 12.3 Å². The molecule has 2 rings (SSSR count). The van der Waals surface area contributed by atoms with E-state index in [0.29, 0.717) is 11.3 Å². The van der Waals surface area contributed by atoms with Crippen LogP contribution < -0.4 is 4.74 Å². The van der Waals surface area contributed by atoms with Crippen molar-refractivity contribution in [2.24, 2.45) is 4.99 Å². The van der Waals surface area contributed by atoms with Crippen molar-refractivity contribution in [2.45, 2.75) is 12.5 Å². The Morgan fingerprint density at radius 3 is 2.52 bits per heavy atom. The number of rotatable bonds is 5. The van der Waals surface area contributed by atoms with Gasteiger partial charge in [-0.15, -0.1) is 0 Å². The van der Waals surface area contributed by atoms with Gasteiger partial charge in [-0.25, -0.2) is 0 Å². The summed E-state index contributed by atoms with van der Waals surface area (Å²) in [6, 6.07) is 14.6. The Bertz CT molecular complexity index is 621. The predicted molar refractivity (Wildman–Crippen MR) is 83.1 cm³/mol. The minimum Gasteiger partial charge on any atom is -0.504 e. The van der Waals surface area contributed by atoms with Crippen LogP contribution in [0, 0.1) is 0 Å². The monoisotopic (exact) mass is 285 g/mol. The zero-order chi connectivity index (χ0) is 15.3. The number of methoxy groups -OCH3 is 1. The molecule has 21 heavy (non-hydrogen) atoms. The van der Waals surface area contributed by atoms with Gasteiger partial charge < -0.3 is 14.9 Å². The van der Waals surface area contributed by atoms with Crippen LogP contribution in [0.1, 0.15) is 18.1 Å². The summed E-state index contributed by atoms with van der Waals surface area (Å²) < 4.78 is 5.04. The van der Waals surface area contributed by atoms with Crippen LogP contribution in [-0.2, 0) is 5.60 Å². The number of ether oxygens (including phenoxy) is 1. The van der Waals surface area contributed by atoms with E-state index in [1.165, 1.54) is 13.3 Å². The van der Waals surface area contributed by atoms with Crippen molar-refractivity contribution >= 4 is 6.21 Å². The molecule has 1 atom stereocenters. The Morgan fingerprint density at radius 2 is 1.86 bits per heavy atom. The van der Waals surface area contributed by atoms with Crippen molar-refractivity contribution in [3.8, 4) is 11.5 Å². The van der Waals surface area contributed by atoms with Gasteiger partial charge in [0.25, 0.3) is 0 Å². The lowest BCUT2D eigenvalue weighted by Crippen LogP contribution is -2.24. The summed E-state index contributed by atoms with van der Waals surface area (Å²) in [7, 11) is 1.50. The van der Waals surface area contributed by atoms with Gasteiger partial charge in [0.15, 0.2) is 11.5 Å². The largest absolute Gasteiger partial charge is 0.504 e. The minimum atomic E-state index is -1.05. The second kappa shape index (κ2) is 6.41. The molecule has 0 fully saturated rings. The highest BCUT2D eigenvalue weighted by molar-refractivity contribution is 5.84. The van der Waals surface area contributed by atoms with Crippen molar-refractivity contribution in [3.05, 3.63) is 59.7 Å². The zero-order valence-corrected chi connectivity index (χ0v) is 12.2. The van der Waals surface area contributed by atoms with Crippen LogP contribution in [-0.4, -0.2) is 30.1 Å². The summed E-state index contributed by atoms with van der Waals surface area (Å²) in [6.07, 6.45) is 1.54. The van der Waals surface area contributed by atoms with Gasteiger partial charge >= 0.3 is 0 Å². The first-order valence-corrected chi connectivity index (χ1v) is 6.68. The van der Waals surface area contributed by atoms with Crippen molar-refractivity contribution in [1.29, 1.82) is 0 Å². The number of aromatic hydroxyl groups is 1. The number of hydrogen-bond donors (Lipinski definition) is 2. The maximum Gasteiger partial charge on any atom is 0.166 e. The molecule has 0 bridgehead atoms. The SMILES string of the molecule is COc1cccc(C=NCC(C)(O)c2ccccc2)c1O. The summed E-state index contributed by atoms with van der Waals surface area (Å²) in [4.78, 5) is 4.24. The van der Waals surface area contributed by atoms with Gasteiger partial charge in [0.05, 0.1) is 13.7 Å². The number of phenols is 1. The van der Waals surface area contributed by atoms with E-state index in [0.717, 1.165) is 5.56 Å². The highest BCUT2D eigenvalue weighted by Gasteiger charge is 2.21. The van der Waals surface area contributed by atoms with Crippen LogP contribution in [0.15, 0.2) is 53.5 Å². The van der Waals surface area contributed by atoms with Crippen molar-refractivity contribution in [2.75, 3.05) is 13.7 Å². The summed E-state index contributed by atoms with van der Waals surface area (Å²) in [6.45, 7) is 1.92. The quantitative estimate of drug-likeness (QED) is 0.830. The fourth-order valence-corrected chi connectivity index (χ4v) is 2.02. The second-order valence-corrected chi connectivity index (χ2v) is 5.01. The van der Waals surface area contributed by atoms with Gasteiger partial charge in [-0.3, -0.25) is 4.99 Å². The number of benzene rings is 2. The first kappa shape index (κ1) is 15.1. The molecule has 0 aliphatic heterocycles. The van der Waals surface area contributed by atoms with Crippen LogP contribution in [0.4, 0.5) is 0 Å². The Kier molecular flexibility index (Phi) is 4.60. The maximum absolute atomic E-state index is 10.4. The molecule has 0 heterocycles. The zero-order valence-electron chi connectivity index (χ0n) is 12.2. The molecule has 2 aromatic rings. The lowest BCUT2D eigenvalue weighted by molar-refractivity contribution is 0.0675. The lowest BCUT2D eigenvalue weighted by Gasteiger charge is -2.21. The molecule has 4 heteroatoms. The molecule has 0 aromatic heterocycles. The Hall–Kier alpha value is -2.33. The molecule has 2 aromatic carbocycles. The minimum absolute atomic E-state index is 0.0445. The Morgan fingerprint density at radius 1 is 1.14 bits per heavy atom. The molecule has 0 spiro atoms. The van der Waals surface area contributed by atoms with Crippen LogP contribution >= 0.6 is 0 Å². The predicted octanol–water partition coefficient (Wildman–Crippen LogP) is 2.73. The lowest BCUT2D eigenvalue weighted by atomic mass is 9.96. The molecular formula is C17H19NO3. The fraction of sp³-hybridized carbons (Fsp3) is 0.235. The summed E-state index contributed by atoms with van der Waals surface area (Å²) >= 11 is 0. The van der Waals surface area contributed by atoms with Gasteiger partial charge in [-0.05, 0) is 24.6 Å². The van der Waals surface area contributed by atoms with Crippen LogP contribution in [0.5, 0.6) is 11.5 Å². The first-order valence-electron chi connectivity index (χ1n) is 6.68. The van der Waals surface area contributed by atoms with E-state index < -0.39 is 5.60 Å². The topological polar surface area (TPSA) is 62.0 Å². The van der Waals surface area contributed by atoms with E-state index in [9.17, 15) is 10.2 Å². The van der Waals surface area contributed by atoms with E-state index >= 15 is 0 Å². The fourth-order valence-electron chi connectivity index (χ4n) is 2.02. The molecule has 0 aliphatic carbocycles. The van der Waals surface area contributed by atoms with Crippen LogP contribution in [0.3, 0.4) is 0 Å². The Balaban J connectivity index is 2.12. The number of aliphatic imine (C=N–C) groups is 1. The van der Waals surface area contributed by atoms with Gasteiger partial charge in [-0.1, -0.05) is 36.4 Å². The van der Waals surface area contributed by atoms with E-state index in [4.69, 9.17) is 4.74 Å². The molecule has 0 saturated heterocycles. The van der Waals surface area contributed by atoms with Crippen molar-refractivity contribution < 1.29 is 14.9 Å².